The quantitative estimate of drug-likeness (QED) is 0.507. The minimum atomic E-state index is -1.03. The van der Waals surface area contributed by atoms with E-state index in [1.165, 1.54) is 14.0 Å². The van der Waals surface area contributed by atoms with E-state index in [1.54, 1.807) is 6.92 Å². The number of rotatable bonds is 2. The van der Waals surface area contributed by atoms with Gasteiger partial charge in [0.05, 0.1) is 13.7 Å². The van der Waals surface area contributed by atoms with Crippen molar-refractivity contribution in [2.45, 2.75) is 13.8 Å². The van der Waals surface area contributed by atoms with Crippen molar-refractivity contribution < 1.29 is 24.2 Å². The van der Waals surface area contributed by atoms with Gasteiger partial charge in [-0.25, -0.2) is 19.4 Å². The lowest BCUT2D eigenvalue weighted by atomic mass is 10.2. The maximum atomic E-state index is 13.4. The molecule has 6 nitrogen and oxygen atoms in total. The molecule has 7 heteroatoms. The second-order valence-corrected chi connectivity index (χ2v) is 3.21. The summed E-state index contributed by atoms with van der Waals surface area (Å²) in [5.74, 6) is -2.98. The van der Waals surface area contributed by atoms with Crippen molar-refractivity contribution in [2.75, 3.05) is 13.7 Å². The summed E-state index contributed by atoms with van der Waals surface area (Å²) in [7, 11) is 1.31. The van der Waals surface area contributed by atoms with E-state index >= 15 is 0 Å². The highest BCUT2D eigenvalue weighted by molar-refractivity contribution is 5.87. The van der Waals surface area contributed by atoms with E-state index in [0.29, 0.717) is 0 Å². The predicted octanol–water partition coefficient (Wildman–Crippen LogP) is -0.237. The normalized spacial score (nSPS) is 21.6. The number of ether oxygens (including phenoxy) is 1. The van der Waals surface area contributed by atoms with Crippen LogP contribution in [0.3, 0.4) is 0 Å². The molecule has 1 aliphatic heterocycles. The molecule has 0 aromatic rings. The number of quaternary nitrogens is 1. The van der Waals surface area contributed by atoms with Crippen molar-refractivity contribution in [3.05, 3.63) is 28.2 Å². The monoisotopic (exact) mass is 232 g/mol. The Labute approximate surface area is 91.7 Å². The van der Waals surface area contributed by atoms with Gasteiger partial charge in [-0.15, -0.1) is 0 Å². The molecule has 0 aromatic heterocycles. The number of carbonyl (C=O) groups excluding carboxylic acids is 1. The number of nitrogens with one attached hydrogen (secondary N) is 1. The lowest BCUT2D eigenvalue weighted by Crippen LogP contribution is -3.13. The van der Waals surface area contributed by atoms with Gasteiger partial charge in [0, 0.05) is 0 Å². The van der Waals surface area contributed by atoms with Crippen LogP contribution < -0.4 is 5.17 Å². The first-order valence-corrected chi connectivity index (χ1v) is 4.67. The predicted molar refractivity (Wildman–Crippen MR) is 52.2 cm³/mol. The van der Waals surface area contributed by atoms with Crippen LogP contribution in [0.1, 0.15) is 13.8 Å². The molecule has 1 unspecified atom stereocenters. The largest absolute Gasteiger partial charge is 0.602 e. The molecule has 0 aliphatic carbocycles. The van der Waals surface area contributed by atoms with Crippen molar-refractivity contribution >= 4 is 5.97 Å². The minimum absolute atomic E-state index is 0.0386. The third kappa shape index (κ3) is 1.86. The number of esters is 1. The molecular formula is C9H13FN2O4. The van der Waals surface area contributed by atoms with E-state index in [0.717, 1.165) is 5.01 Å². The Kier molecular flexibility index (Phi) is 3.51. The zero-order valence-electron chi connectivity index (χ0n) is 9.20. The second kappa shape index (κ2) is 4.50. The molecule has 0 saturated heterocycles. The van der Waals surface area contributed by atoms with Crippen LogP contribution >= 0.6 is 0 Å². The Morgan fingerprint density at radius 2 is 2.25 bits per heavy atom. The first-order valence-electron chi connectivity index (χ1n) is 4.67. The molecule has 2 N–H and O–H groups in total. The Morgan fingerprint density at radius 1 is 1.69 bits per heavy atom. The maximum Gasteiger partial charge on any atom is 0.399 e. The molecule has 1 heterocycles. The molecule has 0 amide bonds. The highest BCUT2D eigenvalue weighted by Crippen LogP contribution is 2.20. The van der Waals surface area contributed by atoms with Gasteiger partial charge in [0.25, 0.3) is 5.70 Å². The summed E-state index contributed by atoms with van der Waals surface area (Å²) in [6.07, 6.45) is 0. The lowest BCUT2D eigenvalue weighted by Gasteiger charge is -2.35. The van der Waals surface area contributed by atoms with Crippen molar-refractivity contribution in [1.82, 2.24) is 5.01 Å². The van der Waals surface area contributed by atoms with Crippen LogP contribution in [0.2, 0.25) is 0 Å². The fourth-order valence-electron chi connectivity index (χ4n) is 1.24. The van der Waals surface area contributed by atoms with Gasteiger partial charge >= 0.3 is 5.97 Å². The molecule has 1 rings (SSSR count). The van der Waals surface area contributed by atoms with Crippen LogP contribution in [0.15, 0.2) is 23.0 Å². The highest BCUT2D eigenvalue weighted by Gasteiger charge is 2.35. The average molecular weight is 232 g/mol. The SMILES string of the molecule is CCOC(=O)C1=C(O)C(F)=C(C)N(C)[NH+]1[O-]. The molecule has 0 radical (unpaired) electrons. The van der Waals surface area contributed by atoms with Crippen molar-refractivity contribution in [1.29, 1.82) is 0 Å². The Balaban J connectivity index is 3.19. The zero-order valence-corrected chi connectivity index (χ0v) is 9.20. The van der Waals surface area contributed by atoms with Gasteiger partial charge in [-0.1, -0.05) is 0 Å². The second-order valence-electron chi connectivity index (χ2n) is 3.21. The van der Waals surface area contributed by atoms with E-state index in [2.05, 4.69) is 4.74 Å². The van der Waals surface area contributed by atoms with Crippen LogP contribution in [-0.2, 0) is 9.53 Å². The van der Waals surface area contributed by atoms with Gasteiger partial charge in [-0.05, 0) is 13.8 Å². The summed E-state index contributed by atoms with van der Waals surface area (Å²) in [6, 6.07) is 0. The number of nitrogens with zero attached hydrogens (tertiary/aromatic N) is 1. The first kappa shape index (κ1) is 12.5. The summed E-state index contributed by atoms with van der Waals surface area (Å²) < 4.78 is 18.0. The van der Waals surface area contributed by atoms with Crippen LogP contribution in [0, 0.1) is 5.21 Å². The summed E-state index contributed by atoms with van der Waals surface area (Å²) >= 11 is 0. The van der Waals surface area contributed by atoms with E-state index in [1.807, 2.05) is 0 Å². The Bertz CT molecular complexity index is 378. The fraction of sp³-hybridized carbons (Fsp3) is 0.444. The molecule has 16 heavy (non-hydrogen) atoms. The molecule has 1 atom stereocenters. The van der Waals surface area contributed by atoms with Gasteiger partial charge in [0.15, 0.2) is 5.83 Å². The van der Waals surface area contributed by atoms with Crippen LogP contribution in [-0.4, -0.2) is 29.7 Å². The Hall–Kier alpha value is -1.60. The standard InChI is InChI=1S/C9H13FN2O4/c1-4-16-9(14)7-8(13)6(10)5(2)11(3)12(7)15/h12-13H,4H2,1-3H3. The molecule has 90 valence electrons. The van der Waals surface area contributed by atoms with Gasteiger partial charge in [-0.3, -0.25) is 0 Å². The maximum absolute atomic E-state index is 13.4. The number of halogens is 1. The van der Waals surface area contributed by atoms with E-state index < -0.39 is 28.4 Å². The molecule has 0 aromatic carbocycles. The molecule has 1 aliphatic rings. The number of hydrogen-bond acceptors (Lipinski definition) is 5. The van der Waals surface area contributed by atoms with Crippen molar-refractivity contribution in [3.63, 3.8) is 0 Å². The highest BCUT2D eigenvalue weighted by atomic mass is 19.1. The third-order valence-corrected chi connectivity index (χ3v) is 2.26. The lowest BCUT2D eigenvalue weighted by molar-refractivity contribution is -0.925. The van der Waals surface area contributed by atoms with E-state index in [4.69, 9.17) is 0 Å². The molecule has 0 spiro atoms. The van der Waals surface area contributed by atoms with Gasteiger partial charge < -0.3 is 15.1 Å². The number of hydrogen-bond donors (Lipinski definition) is 2. The summed E-state index contributed by atoms with van der Waals surface area (Å²) in [5, 5.41) is 21.2. The summed E-state index contributed by atoms with van der Waals surface area (Å²) in [6.45, 7) is 2.91. The molecule has 0 bridgehead atoms. The average Bonchev–Trinajstić information content (AvgIpc) is 2.24. The molecule has 0 fully saturated rings. The molecule has 0 saturated carbocycles. The number of allylic oxidation sites excluding steroid dienone is 2. The van der Waals surface area contributed by atoms with Crippen LogP contribution in [0.4, 0.5) is 4.39 Å². The summed E-state index contributed by atoms with van der Waals surface area (Å²) in [4.78, 5) is 11.3. The first-order chi connectivity index (χ1) is 7.41. The molecular weight excluding hydrogens is 219 g/mol. The smallest absolute Gasteiger partial charge is 0.399 e. The third-order valence-electron chi connectivity index (χ3n) is 2.26. The Morgan fingerprint density at radius 3 is 2.75 bits per heavy atom. The topological polar surface area (TPSA) is 77.3 Å². The van der Waals surface area contributed by atoms with Crippen molar-refractivity contribution in [3.8, 4) is 0 Å². The zero-order chi connectivity index (χ0) is 12.5. The number of carbonyl (C=O) groups is 1. The van der Waals surface area contributed by atoms with Crippen LogP contribution in [0.5, 0.6) is 0 Å². The number of aliphatic hydroxyl groups excluding tert-OH is 1. The van der Waals surface area contributed by atoms with E-state index in [-0.39, 0.29) is 12.3 Å². The van der Waals surface area contributed by atoms with Crippen LogP contribution in [0.25, 0.3) is 0 Å². The fourth-order valence-corrected chi connectivity index (χ4v) is 1.24. The van der Waals surface area contributed by atoms with Gasteiger partial charge in [-0.2, -0.15) is 0 Å². The van der Waals surface area contributed by atoms with Crippen molar-refractivity contribution in [2.24, 2.45) is 0 Å². The van der Waals surface area contributed by atoms with Gasteiger partial charge in [0.1, 0.15) is 5.70 Å². The van der Waals surface area contributed by atoms with Gasteiger partial charge in [0.2, 0.25) is 5.76 Å². The number of aliphatic hydroxyl groups is 1. The minimum Gasteiger partial charge on any atom is -0.602 e. The summed E-state index contributed by atoms with van der Waals surface area (Å²) in [5.41, 5.74) is -0.719. The number of hydroxylamine groups is 1. The van der Waals surface area contributed by atoms with E-state index in [9.17, 15) is 19.5 Å².